The second kappa shape index (κ2) is 7.27. The van der Waals surface area contributed by atoms with Gasteiger partial charge in [-0.15, -0.1) is 0 Å². The van der Waals surface area contributed by atoms with Gasteiger partial charge in [0, 0.05) is 38.2 Å². The first-order valence-electron chi connectivity index (χ1n) is 7.98. The van der Waals surface area contributed by atoms with Gasteiger partial charge in [-0.05, 0) is 33.4 Å². The lowest BCUT2D eigenvalue weighted by molar-refractivity contribution is 0.156. The van der Waals surface area contributed by atoms with Gasteiger partial charge >= 0.3 is 0 Å². The van der Waals surface area contributed by atoms with Crippen molar-refractivity contribution in [3.8, 4) is 0 Å². The molecule has 0 aromatic carbocycles. The summed E-state index contributed by atoms with van der Waals surface area (Å²) < 4.78 is 5.60. The number of likely N-dealkylation sites (N-methyl/N-ethyl adjacent to an activating group) is 1. The fourth-order valence-electron chi connectivity index (χ4n) is 3.00. The number of aliphatic imine (C=N–C) groups is 1. The van der Waals surface area contributed by atoms with Gasteiger partial charge < -0.3 is 19.9 Å². The molecule has 2 aliphatic rings. The standard InChI is InChI=1S/C15H30N4O/c1-4-16-14(17-8-10-18(3)5-2)19-9-6-15(12-19)7-11-20-13-15/h4-13H2,1-3H3,(H,16,17). The van der Waals surface area contributed by atoms with Gasteiger partial charge in [0.1, 0.15) is 0 Å². The molecule has 5 heteroatoms. The minimum Gasteiger partial charge on any atom is -0.381 e. The van der Waals surface area contributed by atoms with E-state index in [0.717, 1.165) is 58.4 Å². The van der Waals surface area contributed by atoms with Gasteiger partial charge in [-0.2, -0.15) is 0 Å². The van der Waals surface area contributed by atoms with Crippen LogP contribution in [0.25, 0.3) is 0 Å². The molecule has 0 aromatic heterocycles. The zero-order chi connectivity index (χ0) is 14.4. The summed E-state index contributed by atoms with van der Waals surface area (Å²) in [7, 11) is 2.14. The number of nitrogens with zero attached hydrogens (tertiary/aromatic N) is 3. The molecule has 2 saturated heterocycles. The normalized spacial score (nSPS) is 27.0. The molecule has 0 saturated carbocycles. The quantitative estimate of drug-likeness (QED) is 0.604. The minimum absolute atomic E-state index is 0.399. The Morgan fingerprint density at radius 3 is 2.90 bits per heavy atom. The van der Waals surface area contributed by atoms with E-state index >= 15 is 0 Å². The number of rotatable bonds is 5. The zero-order valence-corrected chi connectivity index (χ0v) is 13.3. The maximum absolute atomic E-state index is 5.60. The van der Waals surface area contributed by atoms with Gasteiger partial charge in [-0.25, -0.2) is 0 Å². The number of likely N-dealkylation sites (tertiary alicyclic amines) is 1. The summed E-state index contributed by atoms with van der Waals surface area (Å²) in [5, 5.41) is 3.44. The van der Waals surface area contributed by atoms with E-state index < -0.39 is 0 Å². The molecular formula is C15H30N4O. The third-order valence-electron chi connectivity index (χ3n) is 4.54. The Labute approximate surface area is 123 Å². The van der Waals surface area contributed by atoms with Crippen LogP contribution in [0.1, 0.15) is 26.7 Å². The molecule has 0 amide bonds. The molecule has 1 N–H and O–H groups in total. The van der Waals surface area contributed by atoms with Gasteiger partial charge in [0.05, 0.1) is 13.2 Å². The van der Waals surface area contributed by atoms with Crippen molar-refractivity contribution < 1.29 is 4.74 Å². The molecule has 2 aliphatic heterocycles. The Morgan fingerprint density at radius 2 is 2.25 bits per heavy atom. The maximum Gasteiger partial charge on any atom is 0.193 e. The molecular weight excluding hydrogens is 252 g/mol. The van der Waals surface area contributed by atoms with E-state index in [1.54, 1.807) is 0 Å². The Kier molecular flexibility index (Phi) is 5.66. The van der Waals surface area contributed by atoms with Crippen molar-refractivity contribution in [2.75, 3.05) is 59.5 Å². The summed E-state index contributed by atoms with van der Waals surface area (Å²) in [5.74, 6) is 1.08. The maximum atomic E-state index is 5.60. The summed E-state index contributed by atoms with van der Waals surface area (Å²) in [6.07, 6.45) is 2.45. The van der Waals surface area contributed by atoms with E-state index in [-0.39, 0.29) is 0 Å². The van der Waals surface area contributed by atoms with Gasteiger partial charge in [0.15, 0.2) is 5.96 Å². The summed E-state index contributed by atoms with van der Waals surface area (Å²) in [6, 6.07) is 0. The van der Waals surface area contributed by atoms with E-state index in [1.807, 2.05) is 0 Å². The Balaban J connectivity index is 1.89. The van der Waals surface area contributed by atoms with Crippen LogP contribution in [0.15, 0.2) is 4.99 Å². The van der Waals surface area contributed by atoms with Crippen LogP contribution >= 0.6 is 0 Å². The van der Waals surface area contributed by atoms with Crippen LogP contribution in [0.5, 0.6) is 0 Å². The van der Waals surface area contributed by atoms with Gasteiger partial charge in [0.2, 0.25) is 0 Å². The molecule has 1 unspecified atom stereocenters. The number of guanidine groups is 1. The molecule has 116 valence electrons. The second-order valence-electron chi connectivity index (χ2n) is 6.11. The number of nitrogens with one attached hydrogen (secondary N) is 1. The van der Waals surface area contributed by atoms with Crippen LogP contribution in [0, 0.1) is 5.41 Å². The van der Waals surface area contributed by atoms with Gasteiger partial charge in [0.25, 0.3) is 0 Å². The zero-order valence-electron chi connectivity index (χ0n) is 13.3. The van der Waals surface area contributed by atoms with Crippen LogP contribution < -0.4 is 5.32 Å². The van der Waals surface area contributed by atoms with Crippen LogP contribution in [-0.4, -0.2) is 75.3 Å². The first-order valence-corrected chi connectivity index (χ1v) is 7.98. The van der Waals surface area contributed by atoms with Crippen molar-refractivity contribution in [1.82, 2.24) is 15.1 Å². The SMILES string of the molecule is CCNC(=NCCN(C)CC)N1CCC2(CCOC2)C1. The second-order valence-corrected chi connectivity index (χ2v) is 6.11. The highest BCUT2D eigenvalue weighted by Crippen LogP contribution is 2.38. The highest BCUT2D eigenvalue weighted by molar-refractivity contribution is 5.80. The first-order chi connectivity index (χ1) is 9.69. The topological polar surface area (TPSA) is 40.1 Å². The molecule has 1 atom stereocenters. The smallest absolute Gasteiger partial charge is 0.193 e. The van der Waals surface area contributed by atoms with E-state index in [1.165, 1.54) is 12.8 Å². The van der Waals surface area contributed by atoms with Crippen LogP contribution in [0.2, 0.25) is 0 Å². The molecule has 20 heavy (non-hydrogen) atoms. The fourth-order valence-corrected chi connectivity index (χ4v) is 3.00. The Bertz CT molecular complexity index is 326. The predicted molar refractivity (Wildman–Crippen MR) is 83.2 cm³/mol. The van der Waals surface area contributed by atoms with Gasteiger partial charge in [-0.1, -0.05) is 6.92 Å². The van der Waals surface area contributed by atoms with Crippen LogP contribution in [0.4, 0.5) is 0 Å². The summed E-state index contributed by atoms with van der Waals surface area (Å²) in [5.41, 5.74) is 0.399. The highest BCUT2D eigenvalue weighted by atomic mass is 16.5. The third kappa shape index (κ3) is 3.85. The minimum atomic E-state index is 0.399. The third-order valence-corrected chi connectivity index (χ3v) is 4.54. The van der Waals surface area contributed by atoms with Crippen LogP contribution in [0.3, 0.4) is 0 Å². The van der Waals surface area contributed by atoms with Crippen LogP contribution in [-0.2, 0) is 4.74 Å². The Hall–Kier alpha value is -0.810. The first kappa shape index (κ1) is 15.6. The average Bonchev–Trinajstić information content (AvgIpc) is 3.08. The summed E-state index contributed by atoms with van der Waals surface area (Å²) in [4.78, 5) is 9.50. The van der Waals surface area contributed by atoms with Crippen molar-refractivity contribution in [2.45, 2.75) is 26.7 Å². The van der Waals surface area contributed by atoms with E-state index in [2.05, 4.69) is 36.0 Å². The molecule has 2 heterocycles. The molecule has 0 aromatic rings. The Morgan fingerprint density at radius 1 is 1.40 bits per heavy atom. The molecule has 5 nitrogen and oxygen atoms in total. The van der Waals surface area contributed by atoms with Crippen molar-refractivity contribution in [2.24, 2.45) is 10.4 Å². The molecule has 0 aliphatic carbocycles. The lowest BCUT2D eigenvalue weighted by Crippen LogP contribution is -2.41. The van der Waals surface area contributed by atoms with Crippen molar-refractivity contribution in [3.05, 3.63) is 0 Å². The van der Waals surface area contributed by atoms with E-state index in [4.69, 9.17) is 9.73 Å². The largest absolute Gasteiger partial charge is 0.381 e. The summed E-state index contributed by atoms with van der Waals surface area (Å²) in [6.45, 7) is 12.3. The molecule has 0 bridgehead atoms. The lowest BCUT2D eigenvalue weighted by atomic mass is 9.87. The van der Waals surface area contributed by atoms with Crippen molar-refractivity contribution in [1.29, 1.82) is 0 Å². The monoisotopic (exact) mass is 282 g/mol. The van der Waals surface area contributed by atoms with E-state index in [0.29, 0.717) is 5.41 Å². The van der Waals surface area contributed by atoms with Crippen molar-refractivity contribution >= 4 is 5.96 Å². The molecule has 0 radical (unpaired) electrons. The number of ether oxygens (including phenoxy) is 1. The summed E-state index contributed by atoms with van der Waals surface area (Å²) >= 11 is 0. The van der Waals surface area contributed by atoms with Crippen molar-refractivity contribution in [3.63, 3.8) is 0 Å². The number of hydrogen-bond donors (Lipinski definition) is 1. The highest BCUT2D eigenvalue weighted by Gasteiger charge is 2.42. The lowest BCUT2D eigenvalue weighted by Gasteiger charge is -2.25. The van der Waals surface area contributed by atoms with E-state index in [9.17, 15) is 0 Å². The van der Waals surface area contributed by atoms with Gasteiger partial charge in [-0.3, -0.25) is 4.99 Å². The molecule has 1 spiro atoms. The molecule has 2 fully saturated rings. The fraction of sp³-hybridized carbons (Fsp3) is 0.933. The average molecular weight is 282 g/mol. The molecule has 2 rings (SSSR count). The predicted octanol–water partition coefficient (Wildman–Crippen LogP) is 1.02. The number of hydrogen-bond acceptors (Lipinski definition) is 3.